The van der Waals surface area contributed by atoms with E-state index in [9.17, 15) is 0 Å². The van der Waals surface area contributed by atoms with E-state index >= 15 is 4.39 Å². The van der Waals surface area contributed by atoms with Crippen molar-refractivity contribution in [1.82, 2.24) is 0 Å². The molecular weight excluding hydrogens is 351 g/mol. The van der Waals surface area contributed by atoms with Crippen molar-refractivity contribution in [3.05, 3.63) is 0 Å². The second-order valence-corrected chi connectivity index (χ2v) is 15.3. The fourth-order valence-electron chi connectivity index (χ4n) is 6.58. The van der Waals surface area contributed by atoms with Gasteiger partial charge in [-0.3, -0.25) is 0 Å². The molecule has 0 radical (unpaired) electrons. The normalized spacial score (nSPS) is 31.6. The second-order valence-electron chi connectivity index (χ2n) is 10.6. The van der Waals surface area contributed by atoms with Gasteiger partial charge in [0.05, 0.1) is 5.60 Å². The Morgan fingerprint density at radius 3 is 2.26 bits per heavy atom. The molecule has 5 atom stereocenters. The Morgan fingerprint density at radius 1 is 1.04 bits per heavy atom. The van der Waals surface area contributed by atoms with Gasteiger partial charge >= 0.3 is 0 Å². The number of hydrogen-bond acceptors (Lipinski definition) is 1. The molecule has 0 bridgehead atoms. The Balaban J connectivity index is 1.93. The standard InChI is InChI=1S/C24H47FOSi/c1-8-27(9-2,10-3)26-23(5,6)22(25)17-14-19(4)21-16-15-20-13-11-12-18-24(20,21)7/h19-22H,8-18H2,1-7H3/t19-,20-,21-,22+,24-/m1/s1. The molecule has 0 aliphatic heterocycles. The summed E-state index contributed by atoms with van der Waals surface area (Å²) >= 11 is 0. The molecule has 2 rings (SSSR count). The van der Waals surface area contributed by atoms with Crippen LogP contribution in [0.4, 0.5) is 4.39 Å². The van der Waals surface area contributed by atoms with Crippen LogP contribution >= 0.6 is 0 Å². The number of halogens is 1. The molecule has 27 heavy (non-hydrogen) atoms. The van der Waals surface area contributed by atoms with E-state index in [0.29, 0.717) is 17.8 Å². The van der Waals surface area contributed by atoms with E-state index in [1.165, 1.54) is 38.5 Å². The molecule has 2 aliphatic carbocycles. The number of hydrogen-bond donors (Lipinski definition) is 0. The molecule has 0 heterocycles. The molecule has 2 saturated carbocycles. The van der Waals surface area contributed by atoms with Gasteiger partial charge in [-0.2, -0.15) is 0 Å². The van der Waals surface area contributed by atoms with Crippen molar-refractivity contribution < 1.29 is 8.82 Å². The first kappa shape index (κ1) is 23.4. The van der Waals surface area contributed by atoms with Gasteiger partial charge in [0.25, 0.3) is 0 Å². The minimum Gasteiger partial charge on any atom is -0.409 e. The second kappa shape index (κ2) is 9.28. The van der Waals surface area contributed by atoms with Crippen LogP contribution < -0.4 is 0 Å². The lowest BCUT2D eigenvalue weighted by molar-refractivity contribution is -0.000594. The Bertz CT molecular complexity index is 453. The van der Waals surface area contributed by atoms with Gasteiger partial charge in [0, 0.05) is 0 Å². The van der Waals surface area contributed by atoms with E-state index in [1.807, 2.05) is 13.8 Å². The maximum absolute atomic E-state index is 15.3. The maximum atomic E-state index is 15.3. The van der Waals surface area contributed by atoms with Gasteiger partial charge in [-0.25, -0.2) is 4.39 Å². The molecule has 0 aromatic rings. The summed E-state index contributed by atoms with van der Waals surface area (Å²) in [5.41, 5.74) is -0.106. The highest BCUT2D eigenvalue weighted by Gasteiger charge is 2.49. The molecule has 0 saturated heterocycles. The smallest absolute Gasteiger partial charge is 0.192 e. The van der Waals surface area contributed by atoms with Crippen LogP contribution in [-0.4, -0.2) is 20.1 Å². The van der Waals surface area contributed by atoms with E-state index in [-0.39, 0.29) is 0 Å². The highest BCUT2D eigenvalue weighted by Crippen LogP contribution is 2.58. The Hall–Kier alpha value is 0.107. The van der Waals surface area contributed by atoms with Crippen LogP contribution in [0, 0.1) is 23.2 Å². The van der Waals surface area contributed by atoms with Crippen molar-refractivity contribution in [2.75, 3.05) is 0 Å². The lowest BCUT2D eigenvalue weighted by Crippen LogP contribution is -2.49. The average molecular weight is 399 g/mol. The SMILES string of the molecule is CC[Si](CC)(CC)OC(C)(C)[C@@H](F)CC[C@@H](C)[C@H]1CC[C@H]2CCCC[C@]21C. The summed E-state index contributed by atoms with van der Waals surface area (Å²) in [4.78, 5) is 0. The number of fused-ring (bicyclic) bond motifs is 1. The molecule has 0 aromatic carbocycles. The van der Waals surface area contributed by atoms with Crippen molar-refractivity contribution in [3.63, 3.8) is 0 Å². The quantitative estimate of drug-likeness (QED) is 0.337. The monoisotopic (exact) mass is 398 g/mol. The molecule has 3 heteroatoms. The minimum atomic E-state index is -1.77. The van der Waals surface area contributed by atoms with Crippen molar-refractivity contribution in [2.45, 2.75) is 130 Å². The first-order valence-corrected chi connectivity index (χ1v) is 14.5. The van der Waals surface area contributed by atoms with E-state index in [0.717, 1.165) is 36.4 Å². The Kier molecular flexibility index (Phi) is 8.04. The highest BCUT2D eigenvalue weighted by atomic mass is 28.4. The third-order valence-electron chi connectivity index (χ3n) is 8.85. The van der Waals surface area contributed by atoms with E-state index in [4.69, 9.17) is 4.43 Å². The number of rotatable bonds is 10. The fraction of sp³-hybridized carbons (Fsp3) is 1.00. The maximum Gasteiger partial charge on any atom is 0.192 e. The molecule has 0 N–H and O–H groups in total. The number of alkyl halides is 1. The summed E-state index contributed by atoms with van der Waals surface area (Å²) in [6, 6.07) is 3.27. The zero-order chi connectivity index (χ0) is 20.3. The molecule has 2 fully saturated rings. The van der Waals surface area contributed by atoms with Crippen LogP contribution in [0.5, 0.6) is 0 Å². The van der Waals surface area contributed by atoms with Crippen molar-refractivity contribution in [2.24, 2.45) is 23.2 Å². The lowest BCUT2D eigenvalue weighted by Gasteiger charge is -2.44. The summed E-state index contributed by atoms with van der Waals surface area (Å²) in [5.74, 6) is 2.37. The van der Waals surface area contributed by atoms with Crippen LogP contribution in [0.25, 0.3) is 0 Å². The van der Waals surface area contributed by atoms with E-state index < -0.39 is 20.1 Å². The van der Waals surface area contributed by atoms with E-state index in [2.05, 4.69) is 34.6 Å². The van der Waals surface area contributed by atoms with Crippen molar-refractivity contribution >= 4 is 8.32 Å². The predicted octanol–water partition coefficient (Wildman–Crippen LogP) is 8.15. The fourth-order valence-corrected chi connectivity index (χ4v) is 9.76. The molecule has 0 amide bonds. The van der Waals surface area contributed by atoms with Crippen molar-refractivity contribution in [1.29, 1.82) is 0 Å². The molecule has 1 nitrogen and oxygen atoms in total. The lowest BCUT2D eigenvalue weighted by atomic mass is 9.62. The topological polar surface area (TPSA) is 9.23 Å². The van der Waals surface area contributed by atoms with Crippen LogP contribution in [-0.2, 0) is 4.43 Å². The van der Waals surface area contributed by atoms with Gasteiger partial charge < -0.3 is 4.43 Å². The average Bonchev–Trinajstić information content (AvgIpc) is 3.01. The largest absolute Gasteiger partial charge is 0.409 e. The van der Waals surface area contributed by atoms with E-state index in [1.54, 1.807) is 0 Å². The summed E-state index contributed by atoms with van der Waals surface area (Å²) in [5, 5.41) is 0. The van der Waals surface area contributed by atoms with Gasteiger partial charge in [0.15, 0.2) is 8.32 Å². The molecule has 0 unspecified atom stereocenters. The molecule has 160 valence electrons. The zero-order valence-corrected chi connectivity index (χ0v) is 20.4. The van der Waals surface area contributed by atoms with Crippen LogP contribution in [0.2, 0.25) is 18.1 Å². The van der Waals surface area contributed by atoms with Gasteiger partial charge in [-0.1, -0.05) is 47.5 Å². The van der Waals surface area contributed by atoms with Crippen LogP contribution in [0.15, 0.2) is 0 Å². The Labute approximate surface area is 170 Å². The first-order valence-electron chi connectivity index (χ1n) is 12.0. The summed E-state index contributed by atoms with van der Waals surface area (Å²) < 4.78 is 21.9. The molecule has 2 aliphatic rings. The van der Waals surface area contributed by atoms with Crippen LogP contribution in [0.1, 0.15) is 99.8 Å². The van der Waals surface area contributed by atoms with Crippen LogP contribution in [0.3, 0.4) is 0 Å². The summed E-state index contributed by atoms with van der Waals surface area (Å²) in [7, 11) is -1.77. The minimum absolute atomic E-state index is 0.532. The summed E-state index contributed by atoms with van der Waals surface area (Å²) in [6.07, 6.45) is 9.27. The predicted molar refractivity (Wildman–Crippen MR) is 118 cm³/mol. The highest BCUT2D eigenvalue weighted by molar-refractivity contribution is 6.73. The molecule has 0 spiro atoms. The van der Waals surface area contributed by atoms with Gasteiger partial charge in [0.1, 0.15) is 6.17 Å². The zero-order valence-electron chi connectivity index (χ0n) is 19.4. The van der Waals surface area contributed by atoms with Gasteiger partial charge in [-0.15, -0.1) is 0 Å². The van der Waals surface area contributed by atoms with Crippen molar-refractivity contribution in [3.8, 4) is 0 Å². The van der Waals surface area contributed by atoms with Gasteiger partial charge in [-0.05, 0) is 93.7 Å². The summed E-state index contributed by atoms with van der Waals surface area (Å²) in [6.45, 7) is 15.6. The molecular formula is C24H47FOSi. The molecule has 0 aromatic heterocycles. The third-order valence-corrected chi connectivity index (χ3v) is 13.7. The third kappa shape index (κ3) is 5.00. The van der Waals surface area contributed by atoms with Gasteiger partial charge in [0.2, 0.25) is 0 Å². The first-order chi connectivity index (χ1) is 12.6. The Morgan fingerprint density at radius 2 is 1.67 bits per heavy atom.